The highest BCUT2D eigenvalue weighted by Crippen LogP contribution is 2.33. The second kappa shape index (κ2) is 5.13. The van der Waals surface area contributed by atoms with Crippen LogP contribution in [0.15, 0.2) is 28.8 Å². The smallest absolute Gasteiger partial charge is 0.230 e. The molecular formula is C15H19N3O. The Bertz CT molecular complexity index is 539. The zero-order valence-electron chi connectivity index (χ0n) is 11.2. The van der Waals surface area contributed by atoms with E-state index < -0.39 is 0 Å². The fraction of sp³-hybridized carbons (Fsp3) is 0.467. The van der Waals surface area contributed by atoms with Crippen LogP contribution in [0.2, 0.25) is 0 Å². The standard InChI is InChI=1S/C15H19N3O/c1-2-5-13(16)14-17-15(19-18-14)12-8-10-6-3-4-7-11(10)9-12/h3-4,6-7,12-13H,2,5,8-9,16H2,1H3. The van der Waals surface area contributed by atoms with Crippen LogP contribution < -0.4 is 5.73 Å². The summed E-state index contributed by atoms with van der Waals surface area (Å²) in [6.45, 7) is 2.11. The van der Waals surface area contributed by atoms with Crippen LogP contribution in [0.3, 0.4) is 0 Å². The topological polar surface area (TPSA) is 64.9 Å². The lowest BCUT2D eigenvalue weighted by Gasteiger charge is -2.03. The fourth-order valence-corrected chi connectivity index (χ4v) is 2.74. The van der Waals surface area contributed by atoms with Gasteiger partial charge in [-0.15, -0.1) is 0 Å². The van der Waals surface area contributed by atoms with E-state index in [0.29, 0.717) is 11.7 Å². The molecule has 1 aromatic carbocycles. The molecule has 3 rings (SSSR count). The predicted molar refractivity (Wildman–Crippen MR) is 72.7 cm³/mol. The molecule has 2 N–H and O–H groups in total. The minimum atomic E-state index is -0.105. The molecule has 4 heteroatoms. The van der Waals surface area contributed by atoms with Crippen molar-refractivity contribution in [2.75, 3.05) is 0 Å². The van der Waals surface area contributed by atoms with Crippen LogP contribution in [-0.4, -0.2) is 10.1 Å². The van der Waals surface area contributed by atoms with Crippen molar-refractivity contribution in [3.63, 3.8) is 0 Å². The Morgan fingerprint density at radius 2 is 2.00 bits per heavy atom. The number of hydrogen-bond acceptors (Lipinski definition) is 4. The van der Waals surface area contributed by atoms with Gasteiger partial charge in [0, 0.05) is 5.92 Å². The summed E-state index contributed by atoms with van der Waals surface area (Å²) in [6.07, 6.45) is 3.89. The van der Waals surface area contributed by atoms with E-state index in [1.54, 1.807) is 0 Å². The number of rotatable bonds is 4. The highest BCUT2D eigenvalue weighted by Gasteiger charge is 2.27. The van der Waals surface area contributed by atoms with Crippen LogP contribution in [-0.2, 0) is 12.8 Å². The van der Waals surface area contributed by atoms with Gasteiger partial charge in [0.2, 0.25) is 5.89 Å². The number of hydrogen-bond donors (Lipinski definition) is 1. The van der Waals surface area contributed by atoms with Crippen molar-refractivity contribution in [1.82, 2.24) is 10.1 Å². The molecule has 0 radical (unpaired) electrons. The molecule has 1 aliphatic rings. The molecule has 1 atom stereocenters. The van der Waals surface area contributed by atoms with Crippen molar-refractivity contribution < 1.29 is 4.52 Å². The summed E-state index contributed by atoms with van der Waals surface area (Å²) < 4.78 is 5.41. The molecule has 1 aromatic heterocycles. The molecule has 0 amide bonds. The van der Waals surface area contributed by atoms with Crippen molar-refractivity contribution in [3.05, 3.63) is 47.1 Å². The Kier molecular flexibility index (Phi) is 3.34. The van der Waals surface area contributed by atoms with Gasteiger partial charge in [-0.05, 0) is 30.4 Å². The number of nitrogens with two attached hydrogens (primary N) is 1. The van der Waals surface area contributed by atoms with Crippen LogP contribution in [0.4, 0.5) is 0 Å². The molecule has 19 heavy (non-hydrogen) atoms. The van der Waals surface area contributed by atoms with Crippen molar-refractivity contribution in [1.29, 1.82) is 0 Å². The molecule has 0 spiro atoms. The summed E-state index contributed by atoms with van der Waals surface area (Å²) in [5, 5.41) is 4.03. The van der Waals surface area contributed by atoms with Crippen LogP contribution in [0.5, 0.6) is 0 Å². The third kappa shape index (κ3) is 2.40. The Morgan fingerprint density at radius 1 is 1.32 bits per heavy atom. The minimum Gasteiger partial charge on any atom is -0.339 e. The summed E-state index contributed by atoms with van der Waals surface area (Å²) in [6, 6.07) is 8.41. The molecule has 0 aliphatic heterocycles. The number of aromatic nitrogens is 2. The highest BCUT2D eigenvalue weighted by atomic mass is 16.5. The molecule has 1 unspecified atom stereocenters. The van der Waals surface area contributed by atoms with Crippen LogP contribution in [0, 0.1) is 0 Å². The van der Waals surface area contributed by atoms with E-state index in [0.717, 1.165) is 31.6 Å². The van der Waals surface area contributed by atoms with E-state index >= 15 is 0 Å². The number of nitrogens with zero attached hydrogens (tertiary/aromatic N) is 2. The van der Waals surface area contributed by atoms with Gasteiger partial charge in [0.15, 0.2) is 5.82 Å². The average Bonchev–Trinajstić information content (AvgIpc) is 3.05. The maximum atomic E-state index is 6.02. The van der Waals surface area contributed by atoms with Crippen molar-refractivity contribution in [2.24, 2.45) is 5.73 Å². The average molecular weight is 257 g/mol. The summed E-state index contributed by atoms with van der Waals surface area (Å²) in [4.78, 5) is 4.49. The zero-order chi connectivity index (χ0) is 13.2. The predicted octanol–water partition coefficient (Wildman–Crippen LogP) is 2.75. The summed E-state index contributed by atoms with van der Waals surface area (Å²) in [5.74, 6) is 1.69. The van der Waals surface area contributed by atoms with E-state index in [4.69, 9.17) is 10.3 Å². The molecule has 2 aromatic rings. The van der Waals surface area contributed by atoms with Gasteiger partial charge in [-0.1, -0.05) is 42.8 Å². The molecule has 1 heterocycles. The van der Waals surface area contributed by atoms with E-state index in [1.807, 2.05) is 0 Å². The van der Waals surface area contributed by atoms with Crippen LogP contribution in [0.1, 0.15) is 54.6 Å². The first-order chi connectivity index (χ1) is 9.28. The van der Waals surface area contributed by atoms with E-state index in [9.17, 15) is 0 Å². The molecule has 1 aliphatic carbocycles. The molecule has 4 nitrogen and oxygen atoms in total. The summed E-state index contributed by atoms with van der Waals surface area (Å²) in [5.41, 5.74) is 8.80. The number of fused-ring (bicyclic) bond motifs is 1. The largest absolute Gasteiger partial charge is 0.339 e. The van der Waals surface area contributed by atoms with Crippen LogP contribution in [0.25, 0.3) is 0 Å². The van der Waals surface area contributed by atoms with E-state index in [-0.39, 0.29) is 6.04 Å². The van der Waals surface area contributed by atoms with E-state index in [2.05, 4.69) is 41.3 Å². The zero-order valence-corrected chi connectivity index (χ0v) is 11.2. The lowest BCUT2D eigenvalue weighted by Crippen LogP contribution is -2.11. The van der Waals surface area contributed by atoms with Gasteiger partial charge in [-0.25, -0.2) is 0 Å². The Balaban J connectivity index is 1.75. The van der Waals surface area contributed by atoms with Gasteiger partial charge < -0.3 is 10.3 Å². The first-order valence-electron chi connectivity index (χ1n) is 6.93. The number of benzene rings is 1. The third-order valence-electron chi connectivity index (χ3n) is 3.79. The van der Waals surface area contributed by atoms with Crippen molar-refractivity contribution >= 4 is 0 Å². The Labute approximate surface area is 113 Å². The molecule has 0 bridgehead atoms. The molecule has 100 valence electrons. The van der Waals surface area contributed by atoms with Gasteiger partial charge in [-0.2, -0.15) is 4.98 Å². The van der Waals surface area contributed by atoms with E-state index in [1.165, 1.54) is 11.1 Å². The maximum Gasteiger partial charge on any atom is 0.230 e. The Hall–Kier alpha value is -1.68. The summed E-state index contributed by atoms with van der Waals surface area (Å²) in [7, 11) is 0. The quantitative estimate of drug-likeness (QED) is 0.914. The lowest BCUT2D eigenvalue weighted by molar-refractivity contribution is 0.348. The maximum absolute atomic E-state index is 6.02. The SMILES string of the molecule is CCCC(N)c1noc(C2Cc3ccccc3C2)n1. The normalized spacial score (nSPS) is 16.5. The lowest BCUT2D eigenvalue weighted by atomic mass is 10.1. The minimum absolute atomic E-state index is 0.105. The molecule has 0 saturated carbocycles. The Morgan fingerprint density at radius 3 is 2.63 bits per heavy atom. The first-order valence-corrected chi connectivity index (χ1v) is 6.93. The summed E-state index contributed by atoms with van der Waals surface area (Å²) >= 11 is 0. The molecule has 0 saturated heterocycles. The van der Waals surface area contributed by atoms with Gasteiger partial charge in [-0.3, -0.25) is 0 Å². The fourth-order valence-electron chi connectivity index (χ4n) is 2.74. The van der Waals surface area contributed by atoms with Gasteiger partial charge >= 0.3 is 0 Å². The second-order valence-corrected chi connectivity index (χ2v) is 5.26. The monoisotopic (exact) mass is 257 g/mol. The van der Waals surface area contributed by atoms with Gasteiger partial charge in [0.05, 0.1) is 6.04 Å². The molecular weight excluding hydrogens is 238 g/mol. The van der Waals surface area contributed by atoms with Crippen molar-refractivity contribution in [3.8, 4) is 0 Å². The highest BCUT2D eigenvalue weighted by molar-refractivity contribution is 5.34. The first kappa shape index (κ1) is 12.4. The van der Waals surface area contributed by atoms with Crippen LogP contribution >= 0.6 is 0 Å². The van der Waals surface area contributed by atoms with Gasteiger partial charge in [0.25, 0.3) is 0 Å². The third-order valence-corrected chi connectivity index (χ3v) is 3.79. The second-order valence-electron chi connectivity index (χ2n) is 5.26. The van der Waals surface area contributed by atoms with Crippen molar-refractivity contribution in [2.45, 2.75) is 44.6 Å². The molecule has 0 fully saturated rings. The van der Waals surface area contributed by atoms with Gasteiger partial charge in [0.1, 0.15) is 0 Å².